The largest absolute Gasteiger partial charge is 0.464 e. The summed E-state index contributed by atoms with van der Waals surface area (Å²) in [6.07, 6.45) is 9.62. The number of aliphatic hydroxyl groups is 1. The zero-order valence-corrected chi connectivity index (χ0v) is 15.0. The van der Waals surface area contributed by atoms with Crippen molar-refractivity contribution in [3.05, 3.63) is 58.1 Å². The Morgan fingerprint density at radius 3 is 2.71 bits per heavy atom. The van der Waals surface area contributed by atoms with Crippen LogP contribution in [0.4, 0.5) is 0 Å². The predicted molar refractivity (Wildman–Crippen MR) is 93.1 cm³/mol. The number of Topliss-reactive ketones (excluding diaryl/α,β-unsaturated/α-hetero) is 2. The maximum Gasteiger partial charge on any atom is 0.214 e. The van der Waals surface area contributed by atoms with E-state index in [9.17, 15) is 14.7 Å². The van der Waals surface area contributed by atoms with E-state index < -0.39 is 17.2 Å². The van der Waals surface area contributed by atoms with Crippen LogP contribution in [0, 0.1) is 5.92 Å². The zero-order valence-electron chi connectivity index (χ0n) is 14.2. The third-order valence-corrected chi connectivity index (χ3v) is 4.53. The number of hydrogen-bond acceptors (Lipinski definition) is 4. The number of hydrogen-bond donors (Lipinski definition) is 1. The minimum absolute atomic E-state index is 0.105. The van der Waals surface area contributed by atoms with E-state index in [1.165, 1.54) is 12.3 Å². The fraction of sp³-hybridized carbons (Fsp3) is 0.368. The van der Waals surface area contributed by atoms with Crippen LogP contribution >= 0.6 is 11.6 Å². The lowest BCUT2D eigenvalue weighted by Gasteiger charge is -2.29. The summed E-state index contributed by atoms with van der Waals surface area (Å²) in [6, 6.07) is 0. The number of allylic oxidation sites excluding steroid dienone is 6. The summed E-state index contributed by atoms with van der Waals surface area (Å²) in [6.45, 7) is 7.39. The standard InChI is InChI=1S/C19H21ClO4/c1-5-11(2)8-12(3)6-7-13-9-14-15(10-24-13)17(21)19(4,23)18(22)16(14)20/h6-11,23H,5H2,1-4H3/b7-6+,12-8+/t11?,19-/m1/s1. The van der Waals surface area contributed by atoms with Gasteiger partial charge in [-0.15, -0.1) is 0 Å². The smallest absolute Gasteiger partial charge is 0.214 e. The van der Waals surface area contributed by atoms with Crippen molar-refractivity contribution in [3.8, 4) is 0 Å². The summed E-state index contributed by atoms with van der Waals surface area (Å²) in [5, 5.41) is 9.85. The van der Waals surface area contributed by atoms with E-state index in [1.54, 1.807) is 6.08 Å². The Labute approximate surface area is 146 Å². The molecular weight excluding hydrogens is 328 g/mol. The Hall–Kier alpha value is -1.91. The van der Waals surface area contributed by atoms with E-state index in [0.717, 1.165) is 18.9 Å². The molecule has 0 aromatic carbocycles. The fourth-order valence-corrected chi connectivity index (χ4v) is 2.77. The van der Waals surface area contributed by atoms with Gasteiger partial charge in [0.1, 0.15) is 12.0 Å². The van der Waals surface area contributed by atoms with Crippen LogP contribution in [0.3, 0.4) is 0 Å². The molecule has 0 saturated carbocycles. The molecule has 0 spiro atoms. The van der Waals surface area contributed by atoms with Crippen LogP contribution in [0.25, 0.3) is 0 Å². The lowest BCUT2D eigenvalue weighted by Crippen LogP contribution is -2.48. The molecule has 1 aliphatic carbocycles. The minimum Gasteiger partial charge on any atom is -0.464 e. The highest BCUT2D eigenvalue weighted by Crippen LogP contribution is 2.36. The van der Waals surface area contributed by atoms with E-state index in [1.807, 2.05) is 13.0 Å². The number of carbonyl (C=O) groups is 2. The summed E-state index contributed by atoms with van der Waals surface area (Å²) >= 11 is 6.05. The molecule has 0 radical (unpaired) electrons. The maximum atomic E-state index is 12.2. The Morgan fingerprint density at radius 1 is 1.42 bits per heavy atom. The second-order valence-corrected chi connectivity index (χ2v) is 6.66. The van der Waals surface area contributed by atoms with Crippen LogP contribution in [-0.2, 0) is 14.3 Å². The van der Waals surface area contributed by atoms with E-state index in [4.69, 9.17) is 16.3 Å². The summed E-state index contributed by atoms with van der Waals surface area (Å²) in [4.78, 5) is 24.3. The third-order valence-electron chi connectivity index (χ3n) is 4.16. The second kappa shape index (κ2) is 6.91. The quantitative estimate of drug-likeness (QED) is 0.621. The lowest BCUT2D eigenvalue weighted by molar-refractivity contribution is -0.144. The summed E-state index contributed by atoms with van der Waals surface area (Å²) < 4.78 is 5.43. The molecule has 1 heterocycles. The van der Waals surface area contributed by atoms with Crippen LogP contribution in [0.5, 0.6) is 0 Å². The van der Waals surface area contributed by atoms with Gasteiger partial charge < -0.3 is 9.84 Å². The number of ketones is 2. The van der Waals surface area contributed by atoms with Gasteiger partial charge in [0.25, 0.3) is 0 Å². The molecule has 1 unspecified atom stereocenters. The van der Waals surface area contributed by atoms with Gasteiger partial charge in [-0.3, -0.25) is 9.59 Å². The van der Waals surface area contributed by atoms with Gasteiger partial charge in [0, 0.05) is 5.57 Å². The first-order valence-corrected chi connectivity index (χ1v) is 8.23. The molecule has 0 aromatic rings. The third kappa shape index (κ3) is 3.45. The van der Waals surface area contributed by atoms with Gasteiger partial charge in [-0.05, 0) is 31.9 Å². The maximum absolute atomic E-state index is 12.2. The topological polar surface area (TPSA) is 63.6 Å². The normalized spacial score (nSPS) is 26.2. The van der Waals surface area contributed by atoms with Gasteiger partial charge in [-0.2, -0.15) is 0 Å². The first-order chi connectivity index (χ1) is 11.2. The highest BCUT2D eigenvalue weighted by atomic mass is 35.5. The summed E-state index contributed by atoms with van der Waals surface area (Å²) in [5.74, 6) is -0.559. The predicted octanol–water partition coefficient (Wildman–Crippen LogP) is 3.73. The van der Waals surface area contributed by atoms with Crippen molar-refractivity contribution >= 4 is 23.2 Å². The van der Waals surface area contributed by atoms with Crippen molar-refractivity contribution in [1.82, 2.24) is 0 Å². The Balaban J connectivity index is 2.31. The highest BCUT2D eigenvalue weighted by Gasteiger charge is 2.48. The molecule has 2 atom stereocenters. The first kappa shape index (κ1) is 18.4. The summed E-state index contributed by atoms with van der Waals surface area (Å²) in [7, 11) is 0. The molecule has 0 aromatic heterocycles. The van der Waals surface area contributed by atoms with Crippen molar-refractivity contribution in [3.63, 3.8) is 0 Å². The Kier molecular flexibility index (Phi) is 5.31. The number of ether oxygens (including phenoxy) is 1. The molecule has 128 valence electrons. The fourth-order valence-electron chi connectivity index (χ4n) is 2.43. The molecule has 1 aliphatic heterocycles. The molecule has 2 rings (SSSR count). The van der Waals surface area contributed by atoms with E-state index in [0.29, 0.717) is 11.7 Å². The lowest BCUT2D eigenvalue weighted by atomic mass is 9.80. The van der Waals surface area contributed by atoms with E-state index in [-0.39, 0.29) is 16.2 Å². The van der Waals surface area contributed by atoms with Gasteiger partial charge in [-0.1, -0.05) is 49.6 Å². The van der Waals surface area contributed by atoms with Gasteiger partial charge in [-0.25, -0.2) is 0 Å². The molecule has 0 bridgehead atoms. The molecule has 2 aliphatic rings. The highest BCUT2D eigenvalue weighted by molar-refractivity contribution is 6.49. The van der Waals surface area contributed by atoms with Crippen molar-refractivity contribution in [2.45, 2.75) is 39.7 Å². The number of fused-ring (bicyclic) bond motifs is 1. The Bertz CT molecular complexity index is 732. The van der Waals surface area contributed by atoms with Gasteiger partial charge >= 0.3 is 0 Å². The van der Waals surface area contributed by atoms with Gasteiger partial charge in [0.15, 0.2) is 5.60 Å². The molecule has 1 N–H and O–H groups in total. The monoisotopic (exact) mass is 348 g/mol. The number of carbonyl (C=O) groups excluding carboxylic acids is 2. The molecule has 5 heteroatoms. The van der Waals surface area contributed by atoms with Crippen LogP contribution in [-0.4, -0.2) is 22.3 Å². The van der Waals surface area contributed by atoms with E-state index in [2.05, 4.69) is 19.9 Å². The molecule has 0 fully saturated rings. The minimum atomic E-state index is -2.15. The van der Waals surface area contributed by atoms with Crippen molar-refractivity contribution in [2.75, 3.05) is 0 Å². The molecule has 4 nitrogen and oxygen atoms in total. The molecule has 24 heavy (non-hydrogen) atoms. The number of rotatable bonds is 4. The van der Waals surface area contributed by atoms with Crippen molar-refractivity contribution < 1.29 is 19.4 Å². The summed E-state index contributed by atoms with van der Waals surface area (Å²) in [5.41, 5.74) is -0.671. The average Bonchev–Trinajstić information content (AvgIpc) is 2.56. The van der Waals surface area contributed by atoms with Crippen LogP contribution in [0.1, 0.15) is 34.1 Å². The zero-order chi connectivity index (χ0) is 18.1. The van der Waals surface area contributed by atoms with Crippen molar-refractivity contribution in [1.29, 1.82) is 0 Å². The average molecular weight is 349 g/mol. The SMILES string of the molecule is CCC(C)/C=C(C)/C=C/C1=CC2=C(Cl)C(=O)[C@](C)(O)C(=O)C2=CO1. The Morgan fingerprint density at radius 2 is 2.08 bits per heavy atom. The van der Waals surface area contributed by atoms with Crippen LogP contribution in [0.15, 0.2) is 58.1 Å². The van der Waals surface area contributed by atoms with Gasteiger partial charge in [0.05, 0.1) is 10.6 Å². The molecule has 0 amide bonds. The van der Waals surface area contributed by atoms with E-state index >= 15 is 0 Å². The molecule has 0 saturated heterocycles. The number of halogens is 1. The van der Waals surface area contributed by atoms with Crippen LogP contribution in [0.2, 0.25) is 0 Å². The van der Waals surface area contributed by atoms with Crippen LogP contribution < -0.4 is 0 Å². The molecular formula is C19H21ClO4. The van der Waals surface area contributed by atoms with Crippen molar-refractivity contribution in [2.24, 2.45) is 5.92 Å². The first-order valence-electron chi connectivity index (χ1n) is 7.85. The second-order valence-electron chi connectivity index (χ2n) is 6.28. The van der Waals surface area contributed by atoms with Gasteiger partial charge in [0.2, 0.25) is 11.6 Å².